The van der Waals surface area contributed by atoms with Gasteiger partial charge in [-0.3, -0.25) is 0 Å². The van der Waals surface area contributed by atoms with Gasteiger partial charge >= 0.3 is 0 Å². The average Bonchev–Trinajstić information content (AvgIpc) is 1.41. The summed E-state index contributed by atoms with van der Waals surface area (Å²) >= 11 is 0. The van der Waals surface area contributed by atoms with Crippen molar-refractivity contribution in [2.24, 2.45) is 5.73 Å². The average molecular weight is 140 g/mol. The molecule has 0 atom stereocenters. The van der Waals surface area contributed by atoms with Crippen LogP contribution in [-0.4, -0.2) is 18.3 Å². The first-order chi connectivity index (χ1) is 2.41. The molecule has 3 nitrogen and oxygen atoms in total. The normalized spacial score (nSPS) is 7.00. The Morgan fingerprint density at radius 2 is 2.17 bits per heavy atom. The van der Waals surface area contributed by atoms with E-state index in [4.69, 9.17) is 10.9 Å². The first-order valence-corrected chi connectivity index (χ1v) is 1.49. The van der Waals surface area contributed by atoms with Crippen molar-refractivity contribution >= 4 is 0 Å². The van der Waals surface area contributed by atoms with Crippen molar-refractivity contribution in [2.75, 3.05) is 13.1 Å². The molecule has 0 aliphatic carbocycles. The molecule has 6 heavy (non-hydrogen) atoms. The van der Waals surface area contributed by atoms with Crippen molar-refractivity contribution in [1.29, 1.82) is 0 Å². The monoisotopic (exact) mass is 139 g/mol. The molecule has 0 saturated heterocycles. The number of hydroxylamine groups is 1. The third-order valence-electron chi connectivity index (χ3n) is 0.256. The van der Waals surface area contributed by atoms with Crippen LogP contribution in [0.4, 0.5) is 0 Å². The summed E-state index contributed by atoms with van der Waals surface area (Å²) in [5.41, 5.74) is 6.81. The van der Waals surface area contributed by atoms with Gasteiger partial charge in [-0.25, -0.2) is 5.48 Å². The molecule has 0 unspecified atom stereocenters. The molecule has 0 amide bonds. The minimum atomic E-state index is 0. The molecule has 0 aromatic heterocycles. The van der Waals surface area contributed by atoms with Gasteiger partial charge in [-0.15, -0.1) is 0 Å². The molecule has 0 fully saturated rings. The predicted molar refractivity (Wildman–Crippen MR) is 18.8 cm³/mol. The summed E-state index contributed by atoms with van der Waals surface area (Å²) in [6, 6.07) is 0. The number of rotatable bonds is 2. The van der Waals surface area contributed by atoms with Crippen molar-refractivity contribution in [3.63, 3.8) is 0 Å². The Balaban J connectivity index is 0. The standard InChI is InChI=1S/C2H8N2O.Cu/c3-1-2-4-5;/h4-5H,1-3H2;. The summed E-state index contributed by atoms with van der Waals surface area (Å²) in [5.74, 6) is 0. The maximum absolute atomic E-state index is 7.74. The molecule has 0 rings (SSSR count). The number of nitrogens with one attached hydrogen (secondary N) is 1. The minimum absolute atomic E-state index is 0. The topological polar surface area (TPSA) is 58.3 Å². The van der Waals surface area contributed by atoms with Gasteiger partial charge in [0, 0.05) is 30.2 Å². The van der Waals surface area contributed by atoms with Crippen LogP contribution in [0.3, 0.4) is 0 Å². The predicted octanol–water partition coefficient (Wildman–Crippen LogP) is -1.08. The van der Waals surface area contributed by atoms with Crippen molar-refractivity contribution < 1.29 is 22.3 Å². The van der Waals surface area contributed by atoms with Crippen LogP contribution < -0.4 is 11.2 Å². The van der Waals surface area contributed by atoms with Gasteiger partial charge in [0.1, 0.15) is 0 Å². The molecule has 0 spiro atoms. The van der Waals surface area contributed by atoms with Crippen LogP contribution in [-0.2, 0) is 17.1 Å². The Hall–Kier alpha value is 0.399. The molecule has 4 N–H and O–H groups in total. The summed E-state index contributed by atoms with van der Waals surface area (Å²) in [4.78, 5) is 0. The van der Waals surface area contributed by atoms with Gasteiger partial charge in [0.2, 0.25) is 0 Å². The van der Waals surface area contributed by atoms with Crippen LogP contribution in [0.5, 0.6) is 0 Å². The molecule has 4 heteroatoms. The Morgan fingerprint density at radius 1 is 1.67 bits per heavy atom. The maximum atomic E-state index is 7.74. The van der Waals surface area contributed by atoms with E-state index in [2.05, 4.69) is 0 Å². The number of hydrogen-bond donors (Lipinski definition) is 3. The molecular formula is C2H8CuN2O. The fourth-order valence-corrected chi connectivity index (χ4v) is 0.0645. The second kappa shape index (κ2) is 9.04. The third kappa shape index (κ3) is 8.83. The molecule has 43 valence electrons. The quantitative estimate of drug-likeness (QED) is 0.337. The van der Waals surface area contributed by atoms with Crippen LogP contribution in [0.15, 0.2) is 0 Å². The zero-order valence-corrected chi connectivity index (χ0v) is 4.18. The largest absolute Gasteiger partial charge is 0.329 e. The van der Waals surface area contributed by atoms with Crippen LogP contribution >= 0.6 is 0 Å². The van der Waals surface area contributed by atoms with Gasteiger partial charge in [-0.1, -0.05) is 0 Å². The maximum Gasteiger partial charge on any atom is 0.0330 e. The van der Waals surface area contributed by atoms with Gasteiger partial charge in [-0.05, 0) is 0 Å². The molecule has 0 aliphatic rings. The molecule has 0 aliphatic heterocycles. The van der Waals surface area contributed by atoms with Crippen LogP contribution in [0.1, 0.15) is 0 Å². The molecular weight excluding hydrogens is 132 g/mol. The van der Waals surface area contributed by atoms with Crippen LogP contribution in [0.25, 0.3) is 0 Å². The molecule has 0 aromatic carbocycles. The van der Waals surface area contributed by atoms with E-state index >= 15 is 0 Å². The molecule has 0 saturated carbocycles. The fraction of sp³-hybridized carbons (Fsp3) is 1.00. The zero-order valence-electron chi connectivity index (χ0n) is 3.24. The van der Waals surface area contributed by atoms with Crippen LogP contribution in [0, 0.1) is 0 Å². The van der Waals surface area contributed by atoms with E-state index in [0.717, 1.165) is 0 Å². The summed E-state index contributed by atoms with van der Waals surface area (Å²) in [6.45, 7) is 0.955. The summed E-state index contributed by atoms with van der Waals surface area (Å²) < 4.78 is 0. The zero-order chi connectivity index (χ0) is 4.12. The third-order valence-corrected chi connectivity index (χ3v) is 0.256. The molecule has 0 aromatic rings. The fourth-order valence-electron chi connectivity index (χ4n) is 0.0645. The van der Waals surface area contributed by atoms with E-state index in [9.17, 15) is 0 Å². The van der Waals surface area contributed by atoms with Crippen molar-refractivity contribution in [3.8, 4) is 0 Å². The SMILES string of the molecule is NCCNO.[Cu]. The molecule has 0 heterocycles. The molecule has 1 radical (unpaired) electrons. The van der Waals surface area contributed by atoms with E-state index in [1.165, 1.54) is 0 Å². The summed E-state index contributed by atoms with van der Waals surface area (Å²) in [7, 11) is 0. The smallest absolute Gasteiger partial charge is 0.0330 e. The second-order valence-electron chi connectivity index (χ2n) is 0.697. The van der Waals surface area contributed by atoms with Gasteiger partial charge in [-0.2, -0.15) is 0 Å². The van der Waals surface area contributed by atoms with Crippen molar-refractivity contribution in [2.45, 2.75) is 0 Å². The molecule has 0 bridgehead atoms. The van der Waals surface area contributed by atoms with E-state index in [0.29, 0.717) is 13.1 Å². The summed E-state index contributed by atoms with van der Waals surface area (Å²) in [5, 5.41) is 7.74. The van der Waals surface area contributed by atoms with E-state index < -0.39 is 0 Å². The van der Waals surface area contributed by atoms with E-state index in [1.54, 1.807) is 0 Å². The Bertz CT molecular complexity index is 19.0. The van der Waals surface area contributed by atoms with Gasteiger partial charge in [0.15, 0.2) is 0 Å². The Kier molecular flexibility index (Phi) is 14.5. The van der Waals surface area contributed by atoms with Crippen molar-refractivity contribution in [1.82, 2.24) is 5.48 Å². The second-order valence-corrected chi connectivity index (χ2v) is 0.697. The Labute approximate surface area is 47.3 Å². The van der Waals surface area contributed by atoms with Crippen molar-refractivity contribution in [3.05, 3.63) is 0 Å². The van der Waals surface area contributed by atoms with Gasteiger partial charge < -0.3 is 10.9 Å². The summed E-state index contributed by atoms with van der Waals surface area (Å²) in [6.07, 6.45) is 0. The Morgan fingerprint density at radius 3 is 2.17 bits per heavy atom. The van der Waals surface area contributed by atoms with Crippen LogP contribution in [0.2, 0.25) is 0 Å². The van der Waals surface area contributed by atoms with Gasteiger partial charge in [0.25, 0.3) is 0 Å². The van der Waals surface area contributed by atoms with E-state index in [1.807, 2.05) is 5.48 Å². The first kappa shape index (κ1) is 9.64. The first-order valence-electron chi connectivity index (χ1n) is 1.49. The van der Waals surface area contributed by atoms with E-state index in [-0.39, 0.29) is 17.1 Å². The number of hydrogen-bond acceptors (Lipinski definition) is 3. The minimum Gasteiger partial charge on any atom is -0.329 e. The number of nitrogens with two attached hydrogens (primary N) is 1. The van der Waals surface area contributed by atoms with Gasteiger partial charge in [0.05, 0.1) is 0 Å².